The highest BCUT2D eigenvalue weighted by Gasteiger charge is 2.37. The van der Waals surface area contributed by atoms with Gasteiger partial charge in [0.2, 0.25) is 0 Å². The van der Waals surface area contributed by atoms with Gasteiger partial charge in [-0.15, -0.1) is 0 Å². The van der Waals surface area contributed by atoms with E-state index in [0.717, 1.165) is 18.7 Å². The fourth-order valence-corrected chi connectivity index (χ4v) is 3.35. The number of hydrogen-bond donors (Lipinski definition) is 2. The van der Waals surface area contributed by atoms with Crippen molar-refractivity contribution in [3.63, 3.8) is 0 Å². The molecule has 3 atom stereocenters. The van der Waals surface area contributed by atoms with Crippen molar-refractivity contribution in [2.24, 2.45) is 0 Å². The fraction of sp³-hybridized carbons (Fsp3) is 0.562. The molecule has 7 heteroatoms. The van der Waals surface area contributed by atoms with E-state index < -0.39 is 6.10 Å². The van der Waals surface area contributed by atoms with Crippen LogP contribution in [0.3, 0.4) is 0 Å². The third-order valence-corrected chi connectivity index (χ3v) is 4.61. The molecule has 0 aromatic carbocycles. The number of carbonyl (C=O) groups excluding carboxylic acids is 1. The third kappa shape index (κ3) is 2.76. The van der Waals surface area contributed by atoms with Crippen molar-refractivity contribution in [1.82, 2.24) is 20.0 Å². The van der Waals surface area contributed by atoms with Gasteiger partial charge in [0.1, 0.15) is 17.1 Å². The van der Waals surface area contributed by atoms with Gasteiger partial charge in [0, 0.05) is 12.4 Å². The molecular formula is C16H22N4O3. The van der Waals surface area contributed by atoms with Gasteiger partial charge in [-0.3, -0.25) is 4.79 Å². The monoisotopic (exact) mass is 318 g/mol. The summed E-state index contributed by atoms with van der Waals surface area (Å²) in [6.45, 7) is 5.56. The molecule has 0 bridgehead atoms. The van der Waals surface area contributed by atoms with Crippen LogP contribution in [-0.2, 0) is 6.42 Å². The van der Waals surface area contributed by atoms with Crippen LogP contribution in [-0.4, -0.2) is 37.9 Å². The normalized spacial score (nSPS) is 24.1. The first-order chi connectivity index (χ1) is 11.0. The molecule has 2 heterocycles. The molecule has 1 fully saturated rings. The Hall–Kier alpha value is -2.15. The number of aromatic nitrogens is 3. The summed E-state index contributed by atoms with van der Waals surface area (Å²) in [7, 11) is 0. The predicted molar refractivity (Wildman–Crippen MR) is 83.1 cm³/mol. The SMILES string of the molecule is CCc1noc(C)c1C(=O)N[C@@H]1CC[C@@H](n2ccnc2C)[C@@H]1O. The van der Waals surface area contributed by atoms with Crippen LogP contribution in [0.5, 0.6) is 0 Å². The van der Waals surface area contributed by atoms with E-state index in [1.807, 2.05) is 24.6 Å². The zero-order valence-electron chi connectivity index (χ0n) is 13.6. The zero-order valence-corrected chi connectivity index (χ0v) is 13.6. The summed E-state index contributed by atoms with van der Waals surface area (Å²) < 4.78 is 7.08. The number of nitrogens with one attached hydrogen (secondary N) is 1. The molecule has 2 N–H and O–H groups in total. The first-order valence-electron chi connectivity index (χ1n) is 7.96. The van der Waals surface area contributed by atoms with Crippen molar-refractivity contribution >= 4 is 5.91 Å². The highest BCUT2D eigenvalue weighted by Crippen LogP contribution is 2.31. The summed E-state index contributed by atoms with van der Waals surface area (Å²) in [5.74, 6) is 1.14. The summed E-state index contributed by atoms with van der Waals surface area (Å²) in [5, 5.41) is 17.4. The van der Waals surface area contributed by atoms with Gasteiger partial charge in [-0.1, -0.05) is 12.1 Å². The molecule has 0 saturated heterocycles. The Kier molecular flexibility index (Phi) is 4.21. The Morgan fingerprint density at radius 2 is 2.26 bits per heavy atom. The number of imidazole rings is 1. The Bertz CT molecular complexity index is 706. The minimum atomic E-state index is -0.642. The standard InChI is InChI=1S/C16H22N4O3/c1-4-11-14(9(2)23-19-11)16(22)18-12-5-6-13(15(12)21)20-8-7-17-10(20)3/h7-8,12-13,15,21H,4-6H2,1-3H3,(H,18,22)/t12-,13-,15-/m1/s1. The number of aliphatic hydroxyl groups is 1. The maximum Gasteiger partial charge on any atom is 0.257 e. The van der Waals surface area contributed by atoms with Crippen LogP contribution in [0.25, 0.3) is 0 Å². The van der Waals surface area contributed by atoms with Gasteiger partial charge in [-0.05, 0) is 33.1 Å². The minimum Gasteiger partial charge on any atom is -0.389 e. The molecule has 0 aliphatic heterocycles. The summed E-state index contributed by atoms with van der Waals surface area (Å²) >= 11 is 0. The lowest BCUT2D eigenvalue weighted by Crippen LogP contribution is -2.42. The van der Waals surface area contributed by atoms with E-state index in [1.54, 1.807) is 13.1 Å². The van der Waals surface area contributed by atoms with Crippen molar-refractivity contribution in [3.05, 3.63) is 35.2 Å². The lowest BCUT2D eigenvalue weighted by atomic mass is 10.1. The second kappa shape index (κ2) is 6.16. The number of nitrogens with zero attached hydrogens (tertiary/aromatic N) is 3. The van der Waals surface area contributed by atoms with Gasteiger partial charge in [-0.25, -0.2) is 4.98 Å². The van der Waals surface area contributed by atoms with E-state index in [0.29, 0.717) is 23.4 Å². The maximum absolute atomic E-state index is 12.5. The van der Waals surface area contributed by atoms with E-state index in [1.165, 1.54) is 0 Å². The highest BCUT2D eigenvalue weighted by atomic mass is 16.5. The third-order valence-electron chi connectivity index (χ3n) is 4.61. The number of rotatable bonds is 4. The summed E-state index contributed by atoms with van der Waals surface area (Å²) in [4.78, 5) is 16.7. The summed E-state index contributed by atoms with van der Waals surface area (Å²) in [6.07, 6.45) is 5.10. The molecule has 0 radical (unpaired) electrons. The minimum absolute atomic E-state index is 0.0583. The number of aryl methyl sites for hydroxylation is 3. The molecule has 0 unspecified atom stereocenters. The van der Waals surface area contributed by atoms with E-state index in [4.69, 9.17) is 4.52 Å². The fourth-order valence-electron chi connectivity index (χ4n) is 3.35. The van der Waals surface area contributed by atoms with Gasteiger partial charge in [0.05, 0.1) is 23.9 Å². The van der Waals surface area contributed by atoms with E-state index >= 15 is 0 Å². The van der Waals surface area contributed by atoms with Gasteiger partial charge in [-0.2, -0.15) is 0 Å². The topological polar surface area (TPSA) is 93.2 Å². The van der Waals surface area contributed by atoms with Crippen LogP contribution >= 0.6 is 0 Å². The Morgan fingerprint density at radius 1 is 1.48 bits per heavy atom. The molecule has 2 aromatic heterocycles. The first kappa shape index (κ1) is 15.7. The lowest BCUT2D eigenvalue weighted by Gasteiger charge is -2.22. The Labute approximate surface area is 134 Å². The molecular weight excluding hydrogens is 296 g/mol. The molecule has 7 nitrogen and oxygen atoms in total. The summed E-state index contributed by atoms with van der Waals surface area (Å²) in [6, 6.07) is -0.342. The molecule has 124 valence electrons. The molecule has 23 heavy (non-hydrogen) atoms. The van der Waals surface area contributed by atoms with Crippen LogP contribution in [0.4, 0.5) is 0 Å². The second-order valence-electron chi connectivity index (χ2n) is 6.01. The predicted octanol–water partition coefficient (Wildman–Crippen LogP) is 1.54. The van der Waals surface area contributed by atoms with E-state index in [9.17, 15) is 9.90 Å². The molecule has 2 aromatic rings. The van der Waals surface area contributed by atoms with Crippen molar-refractivity contribution in [2.45, 2.75) is 58.2 Å². The molecule has 3 rings (SSSR count). The maximum atomic E-state index is 12.5. The van der Waals surface area contributed by atoms with E-state index in [-0.39, 0.29) is 18.0 Å². The molecule has 1 saturated carbocycles. The van der Waals surface area contributed by atoms with Gasteiger partial charge in [0.25, 0.3) is 5.91 Å². The van der Waals surface area contributed by atoms with Gasteiger partial charge in [0.15, 0.2) is 0 Å². The number of carbonyl (C=O) groups is 1. The molecule has 1 aliphatic rings. The van der Waals surface area contributed by atoms with Crippen LogP contribution in [0, 0.1) is 13.8 Å². The molecule has 1 amide bonds. The van der Waals surface area contributed by atoms with Crippen LogP contribution in [0.1, 0.15) is 53.4 Å². The average Bonchev–Trinajstić information content (AvgIpc) is 3.20. The first-order valence-corrected chi connectivity index (χ1v) is 7.96. The number of hydrogen-bond acceptors (Lipinski definition) is 5. The zero-order chi connectivity index (χ0) is 16.6. The summed E-state index contributed by atoms with van der Waals surface area (Å²) in [5.41, 5.74) is 1.14. The number of aliphatic hydroxyl groups excluding tert-OH is 1. The highest BCUT2D eigenvalue weighted by molar-refractivity contribution is 5.96. The Morgan fingerprint density at radius 3 is 2.91 bits per heavy atom. The van der Waals surface area contributed by atoms with Crippen LogP contribution in [0.15, 0.2) is 16.9 Å². The van der Waals surface area contributed by atoms with Gasteiger partial charge < -0.3 is 19.5 Å². The smallest absolute Gasteiger partial charge is 0.257 e. The molecule has 1 aliphatic carbocycles. The van der Waals surface area contributed by atoms with Crippen LogP contribution < -0.4 is 5.32 Å². The van der Waals surface area contributed by atoms with Crippen molar-refractivity contribution in [1.29, 1.82) is 0 Å². The molecule has 0 spiro atoms. The van der Waals surface area contributed by atoms with Crippen LogP contribution in [0.2, 0.25) is 0 Å². The second-order valence-corrected chi connectivity index (χ2v) is 6.01. The average molecular weight is 318 g/mol. The quantitative estimate of drug-likeness (QED) is 0.892. The number of amides is 1. The van der Waals surface area contributed by atoms with E-state index in [2.05, 4.69) is 15.5 Å². The van der Waals surface area contributed by atoms with Crippen molar-refractivity contribution in [2.75, 3.05) is 0 Å². The van der Waals surface area contributed by atoms with Crippen molar-refractivity contribution in [3.8, 4) is 0 Å². The Balaban J connectivity index is 1.73. The van der Waals surface area contributed by atoms with Crippen molar-refractivity contribution < 1.29 is 14.4 Å². The largest absolute Gasteiger partial charge is 0.389 e. The lowest BCUT2D eigenvalue weighted by molar-refractivity contribution is 0.0810. The van der Waals surface area contributed by atoms with Gasteiger partial charge >= 0.3 is 0 Å².